The summed E-state index contributed by atoms with van der Waals surface area (Å²) < 4.78 is 10.8. The second-order valence-electron chi connectivity index (χ2n) is 6.52. The summed E-state index contributed by atoms with van der Waals surface area (Å²) in [6.07, 6.45) is 2.34. The van der Waals surface area contributed by atoms with Crippen molar-refractivity contribution in [1.82, 2.24) is 10.2 Å². The van der Waals surface area contributed by atoms with E-state index in [9.17, 15) is 4.79 Å². The molecule has 0 bridgehead atoms. The normalized spacial score (nSPS) is 14.8. The maximum atomic E-state index is 12.3. The highest BCUT2D eigenvalue weighted by Crippen LogP contribution is 2.30. The van der Waals surface area contributed by atoms with Crippen molar-refractivity contribution >= 4 is 29.9 Å². The molecule has 1 amide bonds. The molecule has 1 atom stereocenters. The third-order valence-electron chi connectivity index (χ3n) is 4.77. The Bertz CT molecular complexity index is 767. The Balaban J connectivity index is 0.00000280. The van der Waals surface area contributed by atoms with E-state index in [1.165, 1.54) is 12.8 Å². The van der Waals surface area contributed by atoms with Crippen molar-refractivity contribution < 1.29 is 14.3 Å². The number of likely N-dealkylation sites (tertiary alicyclic amines) is 1. The lowest BCUT2D eigenvalue weighted by Crippen LogP contribution is -2.38. The molecule has 5 nitrogen and oxygen atoms in total. The molecule has 0 spiro atoms. The fourth-order valence-electron chi connectivity index (χ4n) is 3.38. The molecule has 0 saturated carbocycles. The molecule has 1 unspecified atom stereocenters. The Morgan fingerprint density at radius 1 is 1.11 bits per heavy atom. The van der Waals surface area contributed by atoms with Gasteiger partial charge in [0.25, 0.3) is 5.91 Å². The van der Waals surface area contributed by atoms with Crippen molar-refractivity contribution in [3.63, 3.8) is 0 Å². The van der Waals surface area contributed by atoms with Crippen LogP contribution in [0.1, 0.15) is 24.4 Å². The molecule has 3 rings (SSSR count). The monoisotopic (exact) mass is 424 g/mol. The lowest BCUT2D eigenvalue weighted by atomic mass is 10.1. The number of hydrogen-bond acceptors (Lipinski definition) is 4. The Morgan fingerprint density at radius 2 is 1.75 bits per heavy atom. The number of ether oxygens (including phenoxy) is 2. The molecule has 1 fully saturated rings. The fourth-order valence-corrected chi connectivity index (χ4v) is 3.64. The fraction of sp³-hybridized carbons (Fsp3) is 0.381. The molecule has 0 aliphatic carbocycles. The van der Waals surface area contributed by atoms with Crippen molar-refractivity contribution in [1.29, 1.82) is 0 Å². The average molecular weight is 425 g/mol. The highest BCUT2D eigenvalue weighted by atomic mass is 35.5. The maximum Gasteiger partial charge on any atom is 0.258 e. The zero-order valence-corrected chi connectivity index (χ0v) is 17.5. The van der Waals surface area contributed by atoms with Gasteiger partial charge in [-0.3, -0.25) is 9.69 Å². The molecule has 1 heterocycles. The van der Waals surface area contributed by atoms with Crippen molar-refractivity contribution in [3.8, 4) is 11.5 Å². The topological polar surface area (TPSA) is 50.8 Å². The Labute approximate surface area is 177 Å². The molecule has 2 aromatic carbocycles. The predicted molar refractivity (Wildman–Crippen MR) is 114 cm³/mol. The molecule has 0 aromatic heterocycles. The van der Waals surface area contributed by atoms with Crippen LogP contribution in [-0.2, 0) is 4.79 Å². The van der Waals surface area contributed by atoms with E-state index >= 15 is 0 Å². The summed E-state index contributed by atoms with van der Waals surface area (Å²) in [7, 11) is 1.58. The van der Waals surface area contributed by atoms with Crippen LogP contribution in [0.4, 0.5) is 0 Å². The first-order valence-electron chi connectivity index (χ1n) is 9.20. The van der Waals surface area contributed by atoms with Gasteiger partial charge in [-0.05, 0) is 49.7 Å². The number of methoxy groups -OCH3 is 1. The number of para-hydroxylation sites is 2. The summed E-state index contributed by atoms with van der Waals surface area (Å²) in [5, 5.41) is 3.72. The van der Waals surface area contributed by atoms with Crippen LogP contribution in [0.15, 0.2) is 48.5 Å². The Hall–Kier alpha value is -1.95. The van der Waals surface area contributed by atoms with Crippen LogP contribution in [0.25, 0.3) is 0 Å². The van der Waals surface area contributed by atoms with Crippen molar-refractivity contribution in [2.24, 2.45) is 0 Å². The molecule has 1 aliphatic heterocycles. The number of nitrogens with one attached hydrogen (secondary N) is 1. The van der Waals surface area contributed by atoms with Crippen LogP contribution in [0.2, 0.25) is 5.02 Å². The summed E-state index contributed by atoms with van der Waals surface area (Å²) in [6, 6.07) is 15.2. The van der Waals surface area contributed by atoms with Crippen molar-refractivity contribution in [2.75, 3.05) is 33.4 Å². The van der Waals surface area contributed by atoms with Gasteiger partial charge >= 0.3 is 0 Å². The summed E-state index contributed by atoms with van der Waals surface area (Å²) in [5.74, 6) is 0.991. The molecule has 2 aromatic rings. The maximum absolute atomic E-state index is 12.3. The molecule has 1 N–H and O–H groups in total. The van der Waals surface area contributed by atoms with Gasteiger partial charge in [0.05, 0.1) is 13.2 Å². The van der Waals surface area contributed by atoms with Crippen molar-refractivity contribution in [3.05, 3.63) is 59.1 Å². The minimum absolute atomic E-state index is 0. The predicted octanol–water partition coefficient (Wildman–Crippen LogP) is 4.10. The number of carbonyl (C=O) groups is 1. The van der Waals surface area contributed by atoms with Crippen LogP contribution in [0.3, 0.4) is 0 Å². The average Bonchev–Trinajstić information content (AvgIpc) is 3.22. The summed E-state index contributed by atoms with van der Waals surface area (Å²) >= 11 is 6.41. The summed E-state index contributed by atoms with van der Waals surface area (Å²) in [6.45, 7) is 2.47. The first kappa shape index (κ1) is 22.3. The smallest absolute Gasteiger partial charge is 0.258 e. The molecule has 0 radical (unpaired) electrons. The molecular formula is C21H26Cl2N2O3. The van der Waals surface area contributed by atoms with E-state index in [0.29, 0.717) is 18.0 Å². The molecule has 152 valence electrons. The van der Waals surface area contributed by atoms with E-state index < -0.39 is 0 Å². The number of benzene rings is 2. The third-order valence-corrected chi connectivity index (χ3v) is 5.11. The quantitative estimate of drug-likeness (QED) is 0.692. The lowest BCUT2D eigenvalue weighted by Gasteiger charge is -2.29. The minimum atomic E-state index is -0.169. The first-order valence-corrected chi connectivity index (χ1v) is 9.58. The number of rotatable bonds is 8. The van der Waals surface area contributed by atoms with Gasteiger partial charge in [-0.2, -0.15) is 0 Å². The van der Waals surface area contributed by atoms with Crippen LogP contribution in [0, 0.1) is 0 Å². The highest BCUT2D eigenvalue weighted by molar-refractivity contribution is 6.31. The van der Waals surface area contributed by atoms with Gasteiger partial charge in [0.15, 0.2) is 18.1 Å². The van der Waals surface area contributed by atoms with E-state index in [-0.39, 0.29) is 31.0 Å². The van der Waals surface area contributed by atoms with Crippen LogP contribution in [0.5, 0.6) is 11.5 Å². The second-order valence-corrected chi connectivity index (χ2v) is 6.93. The van der Waals surface area contributed by atoms with E-state index in [1.54, 1.807) is 19.2 Å². The second kappa shape index (κ2) is 11.1. The zero-order chi connectivity index (χ0) is 19.1. The minimum Gasteiger partial charge on any atom is -0.493 e. The van der Waals surface area contributed by atoms with E-state index in [1.807, 2.05) is 36.4 Å². The SMILES string of the molecule is COc1ccccc1OCC(=O)NCC(c1ccccc1Cl)N1CCCC1.Cl. The number of hydrogen-bond donors (Lipinski definition) is 1. The Kier molecular flexibility index (Phi) is 8.90. The van der Waals surface area contributed by atoms with Crippen LogP contribution in [-0.4, -0.2) is 44.2 Å². The van der Waals surface area contributed by atoms with Gasteiger partial charge < -0.3 is 14.8 Å². The van der Waals surface area contributed by atoms with Gasteiger partial charge in [-0.15, -0.1) is 12.4 Å². The van der Waals surface area contributed by atoms with E-state index in [4.69, 9.17) is 21.1 Å². The van der Waals surface area contributed by atoms with Gasteiger partial charge in [0, 0.05) is 11.6 Å². The number of carbonyl (C=O) groups excluding carboxylic acids is 1. The molecular weight excluding hydrogens is 399 g/mol. The third kappa shape index (κ3) is 5.77. The first-order chi connectivity index (χ1) is 13.2. The van der Waals surface area contributed by atoms with Crippen molar-refractivity contribution in [2.45, 2.75) is 18.9 Å². The van der Waals surface area contributed by atoms with Gasteiger partial charge in [-0.25, -0.2) is 0 Å². The van der Waals surface area contributed by atoms with Gasteiger partial charge in [0.2, 0.25) is 0 Å². The Morgan fingerprint density at radius 3 is 2.43 bits per heavy atom. The molecule has 7 heteroatoms. The summed E-state index contributed by atoms with van der Waals surface area (Å²) in [5.41, 5.74) is 1.05. The highest BCUT2D eigenvalue weighted by Gasteiger charge is 2.25. The standard InChI is InChI=1S/C21H25ClN2O3.ClH/c1-26-19-10-4-5-11-20(19)27-15-21(25)23-14-18(24-12-6-7-13-24)16-8-2-3-9-17(16)22;/h2-5,8-11,18H,6-7,12-15H2,1H3,(H,23,25);1H. The zero-order valence-electron chi connectivity index (χ0n) is 15.9. The van der Waals surface area contributed by atoms with Crippen LogP contribution < -0.4 is 14.8 Å². The molecule has 1 saturated heterocycles. The van der Waals surface area contributed by atoms with E-state index in [2.05, 4.69) is 10.2 Å². The van der Waals surface area contributed by atoms with Gasteiger partial charge in [0.1, 0.15) is 0 Å². The molecule has 28 heavy (non-hydrogen) atoms. The largest absolute Gasteiger partial charge is 0.493 e. The number of amides is 1. The van der Waals surface area contributed by atoms with Gasteiger partial charge in [-0.1, -0.05) is 41.9 Å². The van der Waals surface area contributed by atoms with Crippen LogP contribution >= 0.6 is 24.0 Å². The summed E-state index contributed by atoms with van der Waals surface area (Å²) in [4.78, 5) is 14.7. The van der Waals surface area contributed by atoms with E-state index in [0.717, 1.165) is 23.7 Å². The lowest BCUT2D eigenvalue weighted by molar-refractivity contribution is -0.123. The molecule has 1 aliphatic rings. The number of nitrogens with zero attached hydrogens (tertiary/aromatic N) is 1. The number of halogens is 2.